The summed E-state index contributed by atoms with van der Waals surface area (Å²) in [5.74, 6) is -0.0767. The van der Waals surface area contributed by atoms with Crippen LogP contribution in [-0.4, -0.2) is 13.4 Å². The van der Waals surface area contributed by atoms with Crippen LogP contribution in [0.15, 0.2) is 41.6 Å². The summed E-state index contributed by atoms with van der Waals surface area (Å²) < 4.78 is 24.8. The van der Waals surface area contributed by atoms with Gasteiger partial charge in [0.1, 0.15) is 0 Å². The number of aryl methyl sites for hydroxylation is 2. The summed E-state index contributed by atoms with van der Waals surface area (Å²) in [6.45, 7) is 3.80. The topological polar surface area (TPSA) is 73.0 Å². The zero-order valence-corrected chi connectivity index (χ0v) is 11.7. The predicted octanol–water partition coefficient (Wildman–Crippen LogP) is 2.25. The lowest BCUT2D eigenvalue weighted by atomic mass is 10.1. The lowest BCUT2D eigenvalue weighted by molar-refractivity contribution is 0.592. The van der Waals surface area contributed by atoms with Crippen LogP contribution in [0.3, 0.4) is 0 Å². The third kappa shape index (κ3) is 2.76. The summed E-state index contributed by atoms with van der Waals surface area (Å²) >= 11 is 0. The standard InChI is InChI=1S/C14H16N2O2S/c1-10-5-3-6-11(2)12(10)9-19(17,18)14-13(15)7-4-8-16-14/h3-8H,9,15H2,1-2H3. The molecular formula is C14H16N2O2S. The number of anilines is 1. The van der Waals surface area contributed by atoms with Gasteiger partial charge in [-0.05, 0) is 42.7 Å². The first kappa shape index (κ1) is 13.5. The van der Waals surface area contributed by atoms with E-state index >= 15 is 0 Å². The van der Waals surface area contributed by atoms with E-state index in [9.17, 15) is 8.42 Å². The van der Waals surface area contributed by atoms with Gasteiger partial charge < -0.3 is 5.73 Å². The SMILES string of the molecule is Cc1cccc(C)c1CS(=O)(=O)c1ncccc1N. The van der Waals surface area contributed by atoms with Crippen molar-refractivity contribution in [3.05, 3.63) is 53.2 Å². The molecule has 0 spiro atoms. The van der Waals surface area contributed by atoms with Crippen LogP contribution in [0.2, 0.25) is 0 Å². The van der Waals surface area contributed by atoms with Crippen LogP contribution in [0.4, 0.5) is 5.69 Å². The van der Waals surface area contributed by atoms with Crippen LogP contribution in [0.5, 0.6) is 0 Å². The Morgan fingerprint density at radius 1 is 1.11 bits per heavy atom. The average Bonchev–Trinajstić information content (AvgIpc) is 2.34. The van der Waals surface area contributed by atoms with Gasteiger partial charge in [-0.3, -0.25) is 0 Å². The molecule has 0 radical (unpaired) electrons. The molecule has 0 aliphatic carbocycles. The molecule has 0 atom stereocenters. The van der Waals surface area contributed by atoms with Crippen molar-refractivity contribution in [1.82, 2.24) is 4.98 Å². The highest BCUT2D eigenvalue weighted by atomic mass is 32.2. The number of nitrogens with two attached hydrogens (primary N) is 1. The first-order chi connectivity index (χ1) is 8.92. The molecule has 0 unspecified atom stereocenters. The molecule has 100 valence electrons. The van der Waals surface area contributed by atoms with Gasteiger partial charge in [-0.25, -0.2) is 13.4 Å². The molecule has 5 heteroatoms. The van der Waals surface area contributed by atoms with Crippen molar-refractivity contribution in [2.45, 2.75) is 24.6 Å². The fourth-order valence-corrected chi connectivity index (χ4v) is 3.62. The Hall–Kier alpha value is -1.88. The van der Waals surface area contributed by atoms with E-state index in [1.807, 2.05) is 32.0 Å². The highest BCUT2D eigenvalue weighted by Crippen LogP contribution is 2.23. The molecule has 0 bridgehead atoms. The Morgan fingerprint density at radius 2 is 1.74 bits per heavy atom. The molecule has 2 N–H and O–H groups in total. The quantitative estimate of drug-likeness (QED) is 0.933. The van der Waals surface area contributed by atoms with E-state index in [0.29, 0.717) is 0 Å². The molecule has 2 aromatic rings. The van der Waals surface area contributed by atoms with Crippen LogP contribution in [0.1, 0.15) is 16.7 Å². The van der Waals surface area contributed by atoms with Crippen molar-refractivity contribution in [3.8, 4) is 0 Å². The number of rotatable bonds is 3. The molecule has 0 amide bonds. The molecule has 4 nitrogen and oxygen atoms in total. The Kier molecular flexibility index (Phi) is 3.57. The first-order valence-corrected chi connectivity index (χ1v) is 7.55. The minimum Gasteiger partial charge on any atom is -0.396 e. The van der Waals surface area contributed by atoms with Crippen LogP contribution in [0, 0.1) is 13.8 Å². The van der Waals surface area contributed by atoms with Crippen molar-refractivity contribution < 1.29 is 8.42 Å². The molecule has 1 aromatic carbocycles. The summed E-state index contributed by atoms with van der Waals surface area (Å²) in [6, 6.07) is 8.88. The van der Waals surface area contributed by atoms with Crippen molar-refractivity contribution in [3.63, 3.8) is 0 Å². The minimum absolute atomic E-state index is 0.0438. The molecule has 0 fully saturated rings. The van der Waals surface area contributed by atoms with E-state index < -0.39 is 9.84 Å². The van der Waals surface area contributed by atoms with Gasteiger partial charge in [0.15, 0.2) is 5.03 Å². The molecule has 0 aliphatic heterocycles. The van der Waals surface area contributed by atoms with Gasteiger partial charge in [0.25, 0.3) is 0 Å². The van der Waals surface area contributed by atoms with Gasteiger partial charge in [-0.1, -0.05) is 18.2 Å². The van der Waals surface area contributed by atoms with Gasteiger partial charge in [-0.15, -0.1) is 0 Å². The van der Waals surface area contributed by atoms with Crippen molar-refractivity contribution in [1.29, 1.82) is 0 Å². The van der Waals surface area contributed by atoms with Crippen LogP contribution in [-0.2, 0) is 15.6 Å². The lowest BCUT2D eigenvalue weighted by Gasteiger charge is -2.11. The zero-order chi connectivity index (χ0) is 14.0. The number of hydrogen-bond donors (Lipinski definition) is 1. The maximum Gasteiger partial charge on any atom is 0.201 e. The van der Waals surface area contributed by atoms with Crippen LogP contribution in [0.25, 0.3) is 0 Å². The number of benzene rings is 1. The smallest absolute Gasteiger partial charge is 0.201 e. The zero-order valence-electron chi connectivity index (χ0n) is 10.9. The number of aromatic nitrogens is 1. The Labute approximate surface area is 113 Å². The van der Waals surface area contributed by atoms with E-state index in [0.717, 1.165) is 16.7 Å². The second-order valence-corrected chi connectivity index (χ2v) is 6.43. The molecule has 2 rings (SSSR count). The summed E-state index contributed by atoms with van der Waals surface area (Å²) in [5, 5.41) is -0.0438. The van der Waals surface area contributed by atoms with E-state index in [1.54, 1.807) is 12.1 Å². The van der Waals surface area contributed by atoms with Crippen molar-refractivity contribution >= 4 is 15.5 Å². The number of nitrogens with zero attached hydrogens (tertiary/aromatic N) is 1. The number of pyridine rings is 1. The highest BCUT2D eigenvalue weighted by molar-refractivity contribution is 7.90. The van der Waals surface area contributed by atoms with Crippen molar-refractivity contribution in [2.24, 2.45) is 0 Å². The fraction of sp³-hybridized carbons (Fsp3) is 0.214. The molecule has 1 aromatic heterocycles. The third-order valence-electron chi connectivity index (χ3n) is 3.07. The monoisotopic (exact) mass is 276 g/mol. The summed E-state index contributed by atoms with van der Waals surface area (Å²) in [4.78, 5) is 3.89. The highest BCUT2D eigenvalue weighted by Gasteiger charge is 2.21. The second-order valence-electron chi connectivity index (χ2n) is 4.53. The molecule has 19 heavy (non-hydrogen) atoms. The largest absolute Gasteiger partial charge is 0.396 e. The van der Waals surface area contributed by atoms with Crippen LogP contribution < -0.4 is 5.73 Å². The number of sulfone groups is 1. The van der Waals surface area contributed by atoms with E-state index in [-0.39, 0.29) is 16.5 Å². The Morgan fingerprint density at radius 3 is 2.32 bits per heavy atom. The van der Waals surface area contributed by atoms with Gasteiger partial charge in [0.05, 0.1) is 11.4 Å². The minimum atomic E-state index is -3.53. The van der Waals surface area contributed by atoms with Crippen molar-refractivity contribution in [2.75, 3.05) is 5.73 Å². The maximum absolute atomic E-state index is 12.4. The molecule has 0 saturated carbocycles. The maximum atomic E-state index is 12.4. The lowest BCUT2D eigenvalue weighted by Crippen LogP contribution is -2.11. The molecular weight excluding hydrogens is 260 g/mol. The number of nitrogen functional groups attached to an aromatic ring is 1. The van der Waals surface area contributed by atoms with Gasteiger partial charge in [0.2, 0.25) is 9.84 Å². The summed E-state index contributed by atoms with van der Waals surface area (Å²) in [7, 11) is -3.53. The van der Waals surface area contributed by atoms with Gasteiger partial charge in [-0.2, -0.15) is 0 Å². The molecule has 0 aliphatic rings. The normalized spacial score (nSPS) is 11.5. The summed E-state index contributed by atoms with van der Waals surface area (Å²) in [5.41, 5.74) is 8.61. The first-order valence-electron chi connectivity index (χ1n) is 5.90. The van der Waals surface area contributed by atoms with Crippen LogP contribution >= 0.6 is 0 Å². The van der Waals surface area contributed by atoms with Gasteiger partial charge >= 0.3 is 0 Å². The second kappa shape index (κ2) is 5.01. The predicted molar refractivity (Wildman–Crippen MR) is 75.5 cm³/mol. The van der Waals surface area contributed by atoms with Gasteiger partial charge in [0, 0.05) is 6.20 Å². The number of hydrogen-bond acceptors (Lipinski definition) is 4. The fourth-order valence-electron chi connectivity index (χ4n) is 2.00. The average molecular weight is 276 g/mol. The Bertz CT molecular complexity index is 689. The molecule has 1 heterocycles. The summed E-state index contributed by atoms with van der Waals surface area (Å²) in [6.07, 6.45) is 1.44. The third-order valence-corrected chi connectivity index (χ3v) is 4.67. The molecule has 0 saturated heterocycles. The van der Waals surface area contributed by atoms with E-state index in [4.69, 9.17) is 5.73 Å². The van der Waals surface area contributed by atoms with E-state index in [2.05, 4.69) is 4.98 Å². The Balaban J connectivity index is 2.46. The van der Waals surface area contributed by atoms with E-state index in [1.165, 1.54) is 6.20 Å².